The molecule has 100 valence electrons. The number of rotatable bonds is 2. The third kappa shape index (κ3) is 2.01. The van der Waals surface area contributed by atoms with Gasteiger partial charge in [0.1, 0.15) is 5.76 Å². The Kier molecular flexibility index (Phi) is 3.11. The number of hydrogen-bond donors (Lipinski definition) is 0. The first-order valence-electron chi connectivity index (χ1n) is 6.59. The highest BCUT2D eigenvalue weighted by atomic mass is 16.3. The van der Waals surface area contributed by atoms with E-state index in [4.69, 9.17) is 4.42 Å². The Morgan fingerprint density at radius 1 is 1.15 bits per heavy atom. The van der Waals surface area contributed by atoms with Crippen LogP contribution >= 0.6 is 0 Å². The summed E-state index contributed by atoms with van der Waals surface area (Å²) in [6.07, 6.45) is 1.84. The first kappa shape index (κ1) is 12.6. The van der Waals surface area contributed by atoms with E-state index in [1.807, 2.05) is 38.3 Å². The summed E-state index contributed by atoms with van der Waals surface area (Å²) >= 11 is 0. The number of aromatic nitrogens is 1. The number of aliphatic imine (C=N–C) groups is 1. The zero-order valence-corrected chi connectivity index (χ0v) is 11.8. The lowest BCUT2D eigenvalue weighted by Crippen LogP contribution is -1.89. The maximum absolute atomic E-state index is 5.79. The fraction of sp³-hybridized carbons (Fsp3) is 0.176. The van der Waals surface area contributed by atoms with Crippen LogP contribution in [0, 0.1) is 13.8 Å². The predicted molar refractivity (Wildman–Crippen MR) is 82.4 cm³/mol. The molecule has 0 N–H and O–H groups in total. The van der Waals surface area contributed by atoms with Gasteiger partial charge in [-0.3, -0.25) is 4.99 Å². The van der Waals surface area contributed by atoms with Gasteiger partial charge in [0.15, 0.2) is 0 Å². The minimum Gasteiger partial charge on any atom is -0.442 e. The summed E-state index contributed by atoms with van der Waals surface area (Å²) in [6.45, 7) is 3.93. The molecule has 3 aromatic rings. The van der Waals surface area contributed by atoms with Gasteiger partial charge in [-0.1, -0.05) is 30.3 Å². The lowest BCUT2D eigenvalue weighted by Gasteiger charge is -2.05. The van der Waals surface area contributed by atoms with Crippen LogP contribution < -0.4 is 0 Å². The van der Waals surface area contributed by atoms with Crippen molar-refractivity contribution in [2.45, 2.75) is 13.8 Å². The second-order valence-corrected chi connectivity index (χ2v) is 4.82. The molecule has 0 amide bonds. The van der Waals surface area contributed by atoms with Gasteiger partial charge in [-0.05, 0) is 31.0 Å². The van der Waals surface area contributed by atoms with Gasteiger partial charge in [0.2, 0.25) is 5.71 Å². The summed E-state index contributed by atoms with van der Waals surface area (Å²) in [7, 11) is 1.77. The summed E-state index contributed by atoms with van der Waals surface area (Å²) < 4.78 is 5.79. The monoisotopic (exact) mass is 264 g/mol. The van der Waals surface area contributed by atoms with Crippen molar-refractivity contribution in [1.82, 2.24) is 4.98 Å². The standard InChI is InChI=1S/C17H16N2O/c1-11-9-14(13-7-5-4-6-8-13)16-15(10-18-3)12(2)20-17(16)19-11/h4-10H,1-3H3/b18-10-. The molecule has 0 aliphatic rings. The molecule has 0 fully saturated rings. The zero-order chi connectivity index (χ0) is 14.1. The Labute approximate surface area is 118 Å². The molecule has 3 nitrogen and oxygen atoms in total. The quantitative estimate of drug-likeness (QED) is 0.652. The topological polar surface area (TPSA) is 38.4 Å². The van der Waals surface area contributed by atoms with Crippen molar-refractivity contribution in [3.8, 4) is 11.1 Å². The highest BCUT2D eigenvalue weighted by Crippen LogP contribution is 2.33. The van der Waals surface area contributed by atoms with Crippen molar-refractivity contribution < 1.29 is 4.42 Å². The molecule has 2 aromatic heterocycles. The van der Waals surface area contributed by atoms with Crippen LogP contribution in [0.3, 0.4) is 0 Å². The van der Waals surface area contributed by atoms with Crippen LogP contribution in [-0.2, 0) is 0 Å². The van der Waals surface area contributed by atoms with Crippen LogP contribution in [0.1, 0.15) is 17.0 Å². The number of furan rings is 1. The van der Waals surface area contributed by atoms with Gasteiger partial charge in [0.25, 0.3) is 0 Å². The van der Waals surface area contributed by atoms with Gasteiger partial charge in [-0.2, -0.15) is 0 Å². The molecule has 0 spiro atoms. The summed E-state index contributed by atoms with van der Waals surface area (Å²) in [4.78, 5) is 8.63. The molecule has 2 heterocycles. The summed E-state index contributed by atoms with van der Waals surface area (Å²) in [5.41, 5.74) is 4.93. The number of benzene rings is 1. The molecule has 3 rings (SSSR count). The van der Waals surface area contributed by atoms with Gasteiger partial charge >= 0.3 is 0 Å². The van der Waals surface area contributed by atoms with E-state index in [9.17, 15) is 0 Å². The van der Waals surface area contributed by atoms with Crippen molar-refractivity contribution in [2.24, 2.45) is 4.99 Å². The van der Waals surface area contributed by atoms with Crippen LogP contribution in [0.25, 0.3) is 22.2 Å². The second kappa shape index (κ2) is 4.93. The van der Waals surface area contributed by atoms with E-state index >= 15 is 0 Å². The first-order valence-corrected chi connectivity index (χ1v) is 6.59. The fourth-order valence-corrected chi connectivity index (χ4v) is 2.48. The number of nitrogens with zero attached hydrogens (tertiary/aromatic N) is 2. The Bertz CT molecular complexity index is 786. The Morgan fingerprint density at radius 3 is 2.60 bits per heavy atom. The van der Waals surface area contributed by atoms with E-state index in [2.05, 4.69) is 28.2 Å². The van der Waals surface area contributed by atoms with Crippen LogP contribution in [0.5, 0.6) is 0 Å². The highest BCUT2D eigenvalue weighted by Gasteiger charge is 2.16. The van der Waals surface area contributed by atoms with Crippen molar-refractivity contribution in [1.29, 1.82) is 0 Å². The maximum Gasteiger partial charge on any atom is 0.227 e. The maximum atomic E-state index is 5.79. The van der Waals surface area contributed by atoms with Crippen molar-refractivity contribution in [3.05, 3.63) is 53.4 Å². The average Bonchev–Trinajstić information content (AvgIpc) is 2.75. The van der Waals surface area contributed by atoms with E-state index in [1.54, 1.807) is 7.05 Å². The van der Waals surface area contributed by atoms with Gasteiger partial charge in [-0.15, -0.1) is 0 Å². The highest BCUT2D eigenvalue weighted by molar-refractivity contribution is 6.05. The molecule has 3 heteroatoms. The minimum atomic E-state index is 0.677. The van der Waals surface area contributed by atoms with E-state index in [0.717, 1.165) is 33.5 Å². The number of fused-ring (bicyclic) bond motifs is 1. The lowest BCUT2D eigenvalue weighted by atomic mass is 10.00. The average molecular weight is 264 g/mol. The molecule has 20 heavy (non-hydrogen) atoms. The second-order valence-electron chi connectivity index (χ2n) is 4.82. The van der Waals surface area contributed by atoms with Gasteiger partial charge in [0, 0.05) is 24.5 Å². The van der Waals surface area contributed by atoms with Gasteiger partial charge < -0.3 is 4.42 Å². The van der Waals surface area contributed by atoms with Crippen molar-refractivity contribution >= 4 is 17.3 Å². The van der Waals surface area contributed by atoms with Gasteiger partial charge in [-0.25, -0.2) is 4.98 Å². The molecule has 0 saturated carbocycles. The fourth-order valence-electron chi connectivity index (χ4n) is 2.48. The molecule has 0 bridgehead atoms. The smallest absolute Gasteiger partial charge is 0.227 e. The zero-order valence-electron chi connectivity index (χ0n) is 11.8. The van der Waals surface area contributed by atoms with E-state index in [-0.39, 0.29) is 0 Å². The number of pyridine rings is 1. The molecule has 0 aliphatic carbocycles. The van der Waals surface area contributed by atoms with E-state index in [1.165, 1.54) is 0 Å². The Morgan fingerprint density at radius 2 is 1.90 bits per heavy atom. The normalized spacial score (nSPS) is 11.6. The van der Waals surface area contributed by atoms with Crippen molar-refractivity contribution in [3.63, 3.8) is 0 Å². The summed E-state index contributed by atoms with van der Waals surface area (Å²) in [6, 6.07) is 12.4. The SMILES string of the molecule is C/N=C\c1c(C)oc2nc(C)cc(-c3ccccc3)c12. The summed E-state index contributed by atoms with van der Waals surface area (Å²) in [5, 5.41) is 1.03. The first-order chi connectivity index (χ1) is 9.70. The molecule has 0 aliphatic heterocycles. The third-order valence-electron chi connectivity index (χ3n) is 3.36. The van der Waals surface area contributed by atoms with Crippen molar-refractivity contribution in [2.75, 3.05) is 7.05 Å². The third-order valence-corrected chi connectivity index (χ3v) is 3.36. The van der Waals surface area contributed by atoms with Crippen LogP contribution in [0.15, 0.2) is 45.8 Å². The predicted octanol–water partition coefficient (Wildman–Crippen LogP) is 4.16. The van der Waals surface area contributed by atoms with Crippen LogP contribution in [-0.4, -0.2) is 18.2 Å². The molecule has 0 atom stereocenters. The van der Waals surface area contributed by atoms with E-state index in [0.29, 0.717) is 5.71 Å². The number of aryl methyl sites for hydroxylation is 2. The van der Waals surface area contributed by atoms with Crippen LogP contribution in [0.2, 0.25) is 0 Å². The lowest BCUT2D eigenvalue weighted by molar-refractivity contribution is 0.566. The number of hydrogen-bond acceptors (Lipinski definition) is 3. The Balaban J connectivity index is 2.41. The summed E-state index contributed by atoms with van der Waals surface area (Å²) in [5.74, 6) is 0.848. The largest absolute Gasteiger partial charge is 0.442 e. The molecular formula is C17H16N2O. The molecular weight excluding hydrogens is 248 g/mol. The molecule has 0 radical (unpaired) electrons. The molecule has 0 saturated heterocycles. The molecule has 0 unspecified atom stereocenters. The van der Waals surface area contributed by atoms with Gasteiger partial charge in [0.05, 0.1) is 5.39 Å². The van der Waals surface area contributed by atoms with Crippen LogP contribution in [0.4, 0.5) is 0 Å². The van der Waals surface area contributed by atoms with E-state index < -0.39 is 0 Å². The minimum absolute atomic E-state index is 0.677. The molecule has 1 aromatic carbocycles. The Hall–Kier alpha value is -2.42.